The number of phenols is 1. The minimum absolute atomic E-state index is 0.363. The van der Waals surface area contributed by atoms with E-state index in [1.54, 1.807) is 13.2 Å². The van der Waals surface area contributed by atoms with Crippen LogP contribution in [0.1, 0.15) is 34.6 Å². The fourth-order valence-corrected chi connectivity index (χ4v) is 3.97. The third-order valence-electron chi connectivity index (χ3n) is 5.44. The van der Waals surface area contributed by atoms with Crippen molar-refractivity contribution < 1.29 is 9.84 Å². The van der Waals surface area contributed by atoms with E-state index in [2.05, 4.69) is 53.8 Å². The van der Waals surface area contributed by atoms with Crippen LogP contribution in [0.25, 0.3) is 0 Å². The molecule has 0 radical (unpaired) electrons. The zero-order valence-electron chi connectivity index (χ0n) is 15.6. The first kappa shape index (κ1) is 17.5. The van der Waals surface area contributed by atoms with Gasteiger partial charge in [0.15, 0.2) is 0 Å². The minimum Gasteiger partial charge on any atom is -0.508 e. The number of aromatic hydroxyl groups is 1. The number of aryl methyl sites for hydroxylation is 1. The topological polar surface area (TPSA) is 41.5 Å². The van der Waals surface area contributed by atoms with Gasteiger partial charge in [-0.1, -0.05) is 42.5 Å². The Kier molecular flexibility index (Phi) is 5.01. The number of hydrogen-bond acceptors (Lipinski definition) is 3. The molecule has 0 aliphatic heterocycles. The highest BCUT2D eigenvalue weighted by molar-refractivity contribution is 5.58. The predicted octanol–water partition coefficient (Wildman–Crippen LogP) is 5.29. The van der Waals surface area contributed by atoms with Gasteiger partial charge in [-0.2, -0.15) is 0 Å². The summed E-state index contributed by atoms with van der Waals surface area (Å²) in [6.45, 7) is 0.790. The SMILES string of the molecule is COc1ccc([C@@H]2CCc3cc(O)ccc3C2)c(NCc2ccccc2)c1. The van der Waals surface area contributed by atoms with Crippen LogP contribution in [0.5, 0.6) is 11.5 Å². The molecule has 0 saturated carbocycles. The number of methoxy groups -OCH3 is 1. The average molecular weight is 359 g/mol. The fourth-order valence-electron chi connectivity index (χ4n) is 3.97. The Hall–Kier alpha value is -2.94. The van der Waals surface area contributed by atoms with Crippen LogP contribution in [0, 0.1) is 0 Å². The number of benzene rings is 3. The molecule has 3 nitrogen and oxygen atoms in total. The summed E-state index contributed by atoms with van der Waals surface area (Å²) in [5.74, 6) is 1.70. The van der Waals surface area contributed by atoms with E-state index in [0.717, 1.165) is 37.2 Å². The van der Waals surface area contributed by atoms with Gasteiger partial charge in [-0.3, -0.25) is 0 Å². The first-order valence-corrected chi connectivity index (χ1v) is 9.49. The molecule has 0 aromatic heterocycles. The molecule has 0 unspecified atom stereocenters. The molecule has 1 atom stereocenters. The minimum atomic E-state index is 0.363. The third-order valence-corrected chi connectivity index (χ3v) is 5.44. The molecular weight excluding hydrogens is 334 g/mol. The summed E-state index contributed by atoms with van der Waals surface area (Å²) in [6, 6.07) is 22.6. The summed E-state index contributed by atoms with van der Waals surface area (Å²) in [7, 11) is 1.71. The second kappa shape index (κ2) is 7.75. The lowest BCUT2D eigenvalue weighted by Crippen LogP contribution is -2.14. The molecule has 0 spiro atoms. The van der Waals surface area contributed by atoms with Gasteiger partial charge in [0.25, 0.3) is 0 Å². The van der Waals surface area contributed by atoms with Crippen LogP contribution >= 0.6 is 0 Å². The van der Waals surface area contributed by atoms with Gasteiger partial charge in [-0.15, -0.1) is 0 Å². The second-order valence-corrected chi connectivity index (χ2v) is 7.19. The quantitative estimate of drug-likeness (QED) is 0.651. The van der Waals surface area contributed by atoms with Crippen LogP contribution in [0.3, 0.4) is 0 Å². The molecule has 2 N–H and O–H groups in total. The maximum absolute atomic E-state index is 9.73. The van der Waals surface area contributed by atoms with E-state index in [9.17, 15) is 5.11 Å². The lowest BCUT2D eigenvalue weighted by Gasteiger charge is -2.27. The number of rotatable bonds is 5. The standard InChI is InChI=1S/C24H25NO2/c1-27-22-11-12-23(24(15-22)25-16-17-5-3-2-4-6-17)20-8-7-19-14-21(26)10-9-18(19)13-20/h2-6,9-12,14-15,20,25-26H,7-8,13,16H2,1H3/t20-/m1/s1. The highest BCUT2D eigenvalue weighted by Gasteiger charge is 2.23. The molecule has 3 heteroatoms. The molecule has 138 valence electrons. The van der Waals surface area contributed by atoms with Crippen molar-refractivity contribution in [3.05, 3.63) is 89.0 Å². The van der Waals surface area contributed by atoms with Crippen LogP contribution in [-0.4, -0.2) is 12.2 Å². The van der Waals surface area contributed by atoms with E-state index in [1.807, 2.05) is 12.1 Å². The number of fused-ring (bicyclic) bond motifs is 1. The zero-order chi connectivity index (χ0) is 18.6. The third kappa shape index (κ3) is 3.92. The second-order valence-electron chi connectivity index (χ2n) is 7.19. The van der Waals surface area contributed by atoms with Gasteiger partial charge in [0.1, 0.15) is 11.5 Å². The van der Waals surface area contributed by atoms with Crippen molar-refractivity contribution in [2.24, 2.45) is 0 Å². The van der Waals surface area contributed by atoms with Gasteiger partial charge in [-0.25, -0.2) is 0 Å². The number of hydrogen-bond donors (Lipinski definition) is 2. The molecule has 1 aliphatic rings. The molecule has 0 fully saturated rings. The molecule has 27 heavy (non-hydrogen) atoms. The summed E-state index contributed by atoms with van der Waals surface area (Å²) in [5, 5.41) is 13.3. The normalized spacial score (nSPS) is 15.8. The first-order chi connectivity index (χ1) is 13.2. The van der Waals surface area contributed by atoms with E-state index in [4.69, 9.17) is 4.74 Å². The zero-order valence-corrected chi connectivity index (χ0v) is 15.6. The van der Waals surface area contributed by atoms with E-state index in [0.29, 0.717) is 11.7 Å². The van der Waals surface area contributed by atoms with Crippen molar-refractivity contribution in [1.29, 1.82) is 0 Å². The molecule has 0 bridgehead atoms. The Morgan fingerprint density at radius 3 is 2.67 bits per heavy atom. The smallest absolute Gasteiger partial charge is 0.120 e. The lowest BCUT2D eigenvalue weighted by atomic mass is 9.79. The van der Waals surface area contributed by atoms with Gasteiger partial charge in [0.2, 0.25) is 0 Å². The molecule has 4 rings (SSSR count). The molecule has 1 aliphatic carbocycles. The van der Waals surface area contributed by atoms with Crippen molar-refractivity contribution in [2.75, 3.05) is 12.4 Å². The van der Waals surface area contributed by atoms with E-state index in [-0.39, 0.29) is 0 Å². The van der Waals surface area contributed by atoms with Crippen molar-refractivity contribution >= 4 is 5.69 Å². The van der Waals surface area contributed by atoms with Gasteiger partial charge in [-0.05, 0) is 65.6 Å². The summed E-state index contributed by atoms with van der Waals surface area (Å²) < 4.78 is 5.45. The van der Waals surface area contributed by atoms with Gasteiger partial charge >= 0.3 is 0 Å². The average Bonchev–Trinajstić information content (AvgIpc) is 2.72. The van der Waals surface area contributed by atoms with Crippen LogP contribution in [0.4, 0.5) is 5.69 Å². The van der Waals surface area contributed by atoms with Gasteiger partial charge in [0, 0.05) is 18.3 Å². The van der Waals surface area contributed by atoms with Crippen molar-refractivity contribution in [3.8, 4) is 11.5 Å². The van der Waals surface area contributed by atoms with Crippen molar-refractivity contribution in [3.63, 3.8) is 0 Å². The Morgan fingerprint density at radius 2 is 1.85 bits per heavy atom. The van der Waals surface area contributed by atoms with E-state index < -0.39 is 0 Å². The number of phenolic OH excluding ortho intramolecular Hbond substituents is 1. The van der Waals surface area contributed by atoms with Crippen LogP contribution in [0.15, 0.2) is 66.7 Å². The summed E-state index contributed by atoms with van der Waals surface area (Å²) in [6.07, 6.45) is 3.09. The molecule has 0 amide bonds. The highest BCUT2D eigenvalue weighted by Crippen LogP contribution is 2.38. The van der Waals surface area contributed by atoms with E-state index >= 15 is 0 Å². The summed E-state index contributed by atoms with van der Waals surface area (Å²) >= 11 is 0. The Morgan fingerprint density at radius 1 is 1.00 bits per heavy atom. The Bertz CT molecular complexity index is 921. The highest BCUT2D eigenvalue weighted by atomic mass is 16.5. The number of nitrogens with one attached hydrogen (secondary N) is 1. The maximum Gasteiger partial charge on any atom is 0.120 e. The summed E-state index contributed by atoms with van der Waals surface area (Å²) in [4.78, 5) is 0. The summed E-state index contributed by atoms with van der Waals surface area (Å²) in [5.41, 5.74) is 6.36. The number of anilines is 1. The predicted molar refractivity (Wildman–Crippen MR) is 110 cm³/mol. The monoisotopic (exact) mass is 359 g/mol. The van der Waals surface area contributed by atoms with Crippen molar-refractivity contribution in [2.45, 2.75) is 31.7 Å². The first-order valence-electron chi connectivity index (χ1n) is 9.49. The van der Waals surface area contributed by atoms with Crippen molar-refractivity contribution in [1.82, 2.24) is 0 Å². The molecule has 3 aromatic rings. The molecule has 0 saturated heterocycles. The molecule has 0 heterocycles. The number of ether oxygens (including phenoxy) is 1. The Labute approximate surface area is 160 Å². The Balaban J connectivity index is 1.59. The lowest BCUT2D eigenvalue weighted by molar-refractivity contribution is 0.414. The van der Waals surface area contributed by atoms with Gasteiger partial charge < -0.3 is 15.2 Å². The van der Waals surface area contributed by atoms with Crippen LogP contribution in [-0.2, 0) is 19.4 Å². The maximum atomic E-state index is 9.73. The van der Waals surface area contributed by atoms with Crippen LogP contribution < -0.4 is 10.1 Å². The largest absolute Gasteiger partial charge is 0.508 e. The van der Waals surface area contributed by atoms with Gasteiger partial charge in [0.05, 0.1) is 7.11 Å². The molecular formula is C24H25NO2. The van der Waals surface area contributed by atoms with Crippen LogP contribution in [0.2, 0.25) is 0 Å². The fraction of sp³-hybridized carbons (Fsp3) is 0.250. The molecule has 3 aromatic carbocycles. The van der Waals surface area contributed by atoms with E-state index in [1.165, 1.54) is 22.3 Å².